The molecule has 3 nitrogen and oxygen atoms in total. The third-order valence-electron chi connectivity index (χ3n) is 1.81. The van der Waals surface area contributed by atoms with E-state index in [0.29, 0.717) is 11.3 Å². The Labute approximate surface area is 94.2 Å². The van der Waals surface area contributed by atoms with E-state index in [2.05, 4.69) is 20.9 Å². The van der Waals surface area contributed by atoms with Gasteiger partial charge < -0.3 is 0 Å². The predicted molar refractivity (Wildman–Crippen MR) is 61.4 cm³/mol. The van der Waals surface area contributed by atoms with Crippen molar-refractivity contribution in [2.24, 2.45) is 4.99 Å². The Morgan fingerprint density at radius 3 is 2.79 bits per heavy atom. The third-order valence-corrected chi connectivity index (χ3v) is 5.65. The molecule has 1 aromatic heterocycles. The molecular formula is C8H6BrNO2S2. The van der Waals surface area contributed by atoms with Crippen LogP contribution in [-0.2, 0) is 16.3 Å². The summed E-state index contributed by atoms with van der Waals surface area (Å²) in [7, 11) is -3.31. The second-order valence-electron chi connectivity index (χ2n) is 2.74. The van der Waals surface area contributed by atoms with Crippen LogP contribution in [0.2, 0.25) is 0 Å². The molecule has 0 atom stereocenters. The van der Waals surface area contributed by atoms with Crippen LogP contribution in [0.3, 0.4) is 0 Å². The van der Waals surface area contributed by atoms with Crippen molar-refractivity contribution in [2.75, 3.05) is 0 Å². The van der Waals surface area contributed by atoms with Gasteiger partial charge in [0.25, 0.3) is 0 Å². The van der Waals surface area contributed by atoms with E-state index in [0.717, 1.165) is 4.88 Å². The maximum absolute atomic E-state index is 11.6. The van der Waals surface area contributed by atoms with Gasteiger partial charge in [-0.05, 0) is 27.4 Å². The fourth-order valence-electron chi connectivity index (χ4n) is 1.10. The van der Waals surface area contributed by atoms with Gasteiger partial charge in [-0.3, -0.25) is 0 Å². The second-order valence-corrected chi connectivity index (χ2v) is 6.96. The molecule has 0 amide bonds. The number of hydrogen-bond donors (Lipinski definition) is 0. The van der Waals surface area contributed by atoms with Crippen molar-refractivity contribution < 1.29 is 8.42 Å². The van der Waals surface area contributed by atoms with Gasteiger partial charge in [0.15, 0.2) is 0 Å². The molecule has 2 heterocycles. The molecule has 2 rings (SSSR count). The third kappa shape index (κ3) is 1.69. The average Bonchev–Trinajstić information content (AvgIpc) is 2.70. The lowest BCUT2D eigenvalue weighted by Gasteiger charge is -1.98. The summed E-state index contributed by atoms with van der Waals surface area (Å²) in [6.45, 7) is 0. The monoisotopic (exact) mass is 291 g/mol. The molecule has 0 spiro atoms. The number of thiophene rings is 1. The van der Waals surface area contributed by atoms with Gasteiger partial charge >= 0.3 is 0 Å². The summed E-state index contributed by atoms with van der Waals surface area (Å²) >= 11 is 4.46. The van der Waals surface area contributed by atoms with Crippen molar-refractivity contribution in [1.29, 1.82) is 0 Å². The highest BCUT2D eigenvalue weighted by atomic mass is 79.9. The first kappa shape index (κ1) is 10.1. The quantitative estimate of drug-likeness (QED) is 0.839. The molecule has 0 N–H and O–H groups in total. The zero-order valence-electron chi connectivity index (χ0n) is 6.97. The smallest absolute Gasteiger partial charge is 0.228 e. The summed E-state index contributed by atoms with van der Waals surface area (Å²) in [5.41, 5.74) is 0. The maximum atomic E-state index is 11.6. The highest BCUT2D eigenvalue weighted by Gasteiger charge is 2.27. The molecule has 1 aromatic rings. The number of nitrogens with zero attached hydrogens (tertiary/aromatic N) is 1. The van der Waals surface area contributed by atoms with Crippen molar-refractivity contribution >= 4 is 41.1 Å². The van der Waals surface area contributed by atoms with E-state index >= 15 is 0 Å². The van der Waals surface area contributed by atoms with E-state index in [-0.39, 0.29) is 3.95 Å². The molecule has 0 radical (unpaired) electrons. The minimum Gasteiger partial charge on any atom is -0.236 e. The molecule has 0 unspecified atom stereocenters. The highest BCUT2D eigenvalue weighted by Crippen LogP contribution is 2.25. The molecule has 0 fully saturated rings. The predicted octanol–water partition coefficient (Wildman–Crippen LogP) is 2.31. The van der Waals surface area contributed by atoms with Crippen LogP contribution in [0.15, 0.2) is 33.6 Å². The van der Waals surface area contributed by atoms with Crippen molar-refractivity contribution in [1.82, 2.24) is 0 Å². The Morgan fingerprint density at radius 2 is 2.29 bits per heavy atom. The Bertz CT molecular complexity index is 499. The molecule has 0 saturated carbocycles. The summed E-state index contributed by atoms with van der Waals surface area (Å²) in [5.74, 6) is 0. The summed E-state index contributed by atoms with van der Waals surface area (Å²) in [6.07, 6.45) is 1.83. The Hall–Kier alpha value is -0.460. The van der Waals surface area contributed by atoms with E-state index < -0.39 is 9.84 Å². The van der Waals surface area contributed by atoms with Crippen molar-refractivity contribution in [3.05, 3.63) is 33.5 Å². The number of aliphatic imine (C=N–C) groups is 1. The Kier molecular flexibility index (Phi) is 2.59. The molecule has 1 aliphatic heterocycles. The standard InChI is InChI=1S/C8H6BrNO2S2/c9-8-10-5-7(14(8,11)12)4-6-2-1-3-13-6/h1-3,5H,4H2. The lowest BCUT2D eigenvalue weighted by molar-refractivity contribution is 0.613. The second kappa shape index (κ2) is 3.60. The minimum atomic E-state index is -3.31. The maximum Gasteiger partial charge on any atom is 0.228 e. The zero-order valence-corrected chi connectivity index (χ0v) is 10.2. The van der Waals surface area contributed by atoms with Gasteiger partial charge in [0.1, 0.15) is 0 Å². The minimum absolute atomic E-state index is 0.0107. The van der Waals surface area contributed by atoms with Gasteiger partial charge in [-0.25, -0.2) is 13.4 Å². The number of sulfone groups is 1. The van der Waals surface area contributed by atoms with E-state index in [1.165, 1.54) is 6.20 Å². The molecule has 0 aromatic carbocycles. The molecule has 6 heteroatoms. The molecule has 0 saturated heterocycles. The van der Waals surface area contributed by atoms with E-state index in [1.54, 1.807) is 11.3 Å². The summed E-state index contributed by atoms with van der Waals surface area (Å²) < 4.78 is 23.2. The van der Waals surface area contributed by atoms with Crippen molar-refractivity contribution in [2.45, 2.75) is 6.42 Å². The first-order valence-electron chi connectivity index (χ1n) is 3.80. The van der Waals surface area contributed by atoms with Gasteiger partial charge in [0.05, 0.1) is 4.91 Å². The topological polar surface area (TPSA) is 46.5 Å². The summed E-state index contributed by atoms with van der Waals surface area (Å²) in [4.78, 5) is 5.12. The van der Waals surface area contributed by atoms with Gasteiger partial charge in [0.2, 0.25) is 13.8 Å². The molecule has 14 heavy (non-hydrogen) atoms. The molecule has 0 bridgehead atoms. The summed E-state index contributed by atoms with van der Waals surface area (Å²) in [6, 6.07) is 3.81. The van der Waals surface area contributed by atoms with Crippen LogP contribution >= 0.6 is 27.3 Å². The van der Waals surface area contributed by atoms with E-state index in [4.69, 9.17) is 0 Å². The fourth-order valence-corrected chi connectivity index (χ4v) is 3.59. The normalized spacial score (nSPS) is 19.2. The first-order valence-corrected chi connectivity index (χ1v) is 6.96. The van der Waals surface area contributed by atoms with E-state index in [9.17, 15) is 8.42 Å². The van der Waals surface area contributed by atoms with Crippen LogP contribution in [0.5, 0.6) is 0 Å². The first-order chi connectivity index (χ1) is 6.60. The fraction of sp³-hybridized carbons (Fsp3) is 0.125. The SMILES string of the molecule is O=S1(=O)C(Cc2cccs2)=CN=C1Br. The van der Waals surface area contributed by atoms with Crippen molar-refractivity contribution in [3.8, 4) is 0 Å². The van der Waals surface area contributed by atoms with Gasteiger partial charge in [-0.1, -0.05) is 6.07 Å². The molecule has 0 aliphatic carbocycles. The van der Waals surface area contributed by atoms with Gasteiger partial charge in [-0.2, -0.15) is 0 Å². The Morgan fingerprint density at radius 1 is 1.50 bits per heavy atom. The number of rotatable bonds is 2. The van der Waals surface area contributed by atoms with E-state index in [1.807, 2.05) is 17.5 Å². The van der Waals surface area contributed by atoms with Gasteiger partial charge in [-0.15, -0.1) is 11.3 Å². The summed E-state index contributed by atoms with van der Waals surface area (Å²) in [5, 5.41) is 1.92. The molecule has 74 valence electrons. The number of hydrogen-bond acceptors (Lipinski definition) is 4. The van der Waals surface area contributed by atoms with Crippen LogP contribution < -0.4 is 0 Å². The van der Waals surface area contributed by atoms with Crippen LogP contribution in [0, 0.1) is 0 Å². The molecular weight excluding hydrogens is 286 g/mol. The highest BCUT2D eigenvalue weighted by molar-refractivity contribution is 9.21. The lowest BCUT2D eigenvalue weighted by atomic mass is 10.3. The Balaban J connectivity index is 2.25. The zero-order chi connectivity index (χ0) is 10.2. The van der Waals surface area contributed by atoms with Crippen LogP contribution in [0.1, 0.15) is 4.88 Å². The van der Waals surface area contributed by atoms with Crippen LogP contribution in [0.4, 0.5) is 0 Å². The average molecular weight is 292 g/mol. The van der Waals surface area contributed by atoms with Crippen LogP contribution in [-0.4, -0.2) is 12.4 Å². The number of allylic oxidation sites excluding steroid dienone is 1. The number of halogens is 1. The van der Waals surface area contributed by atoms with Crippen LogP contribution in [0.25, 0.3) is 0 Å². The lowest BCUT2D eigenvalue weighted by Crippen LogP contribution is -2.08. The van der Waals surface area contributed by atoms with Crippen molar-refractivity contribution in [3.63, 3.8) is 0 Å². The molecule has 1 aliphatic rings. The largest absolute Gasteiger partial charge is 0.236 e. The van der Waals surface area contributed by atoms with Gasteiger partial charge in [0, 0.05) is 17.5 Å².